The lowest BCUT2D eigenvalue weighted by Gasteiger charge is -2.28. The number of carbonyl (C=O) groups is 1. The van der Waals surface area contributed by atoms with Gasteiger partial charge in [0, 0.05) is 37.6 Å². The number of nitrogens with one attached hydrogen (secondary N) is 1. The highest BCUT2D eigenvalue weighted by Crippen LogP contribution is 2.22. The number of rotatable bonds is 4. The fourth-order valence-electron chi connectivity index (χ4n) is 3.65. The third-order valence-electron chi connectivity index (χ3n) is 5.15. The number of carbonyl (C=O) groups excluding carboxylic acids is 1. The van der Waals surface area contributed by atoms with Crippen molar-refractivity contribution in [2.75, 3.05) is 41.3 Å². The number of amides is 1. The maximum Gasteiger partial charge on any atom is 0.275 e. The molecule has 1 amide bonds. The summed E-state index contributed by atoms with van der Waals surface area (Å²) in [7, 11) is 0. The highest BCUT2D eigenvalue weighted by Gasteiger charge is 2.15. The number of anilines is 3. The Morgan fingerprint density at radius 2 is 1.46 bits per heavy atom. The molecule has 0 aliphatic carbocycles. The summed E-state index contributed by atoms with van der Waals surface area (Å²) in [5.41, 5.74) is 2.34. The second-order valence-corrected chi connectivity index (χ2v) is 7.00. The zero-order chi connectivity index (χ0) is 17.8. The SMILES string of the molecule is O=C(Nc1ccc(N2CCCCC2)cc1)c1cnc(N2CCCC2)cn1. The molecule has 0 spiro atoms. The van der Waals surface area contributed by atoms with E-state index in [9.17, 15) is 4.79 Å². The molecule has 0 bridgehead atoms. The van der Waals surface area contributed by atoms with Gasteiger partial charge in [0.05, 0.1) is 12.4 Å². The standard InChI is InChI=1S/C20H25N5O/c26-20(18-14-22-19(15-21-18)25-12-4-5-13-25)23-16-6-8-17(9-7-16)24-10-2-1-3-11-24/h6-9,14-15H,1-5,10-13H2,(H,23,26). The van der Waals surface area contributed by atoms with Crippen LogP contribution in [0.5, 0.6) is 0 Å². The van der Waals surface area contributed by atoms with Crippen LogP contribution in [0.2, 0.25) is 0 Å². The van der Waals surface area contributed by atoms with Crippen LogP contribution in [0.25, 0.3) is 0 Å². The molecule has 2 aliphatic heterocycles. The molecule has 26 heavy (non-hydrogen) atoms. The second kappa shape index (κ2) is 7.72. The zero-order valence-corrected chi connectivity index (χ0v) is 15.0. The minimum absolute atomic E-state index is 0.226. The molecule has 0 atom stereocenters. The van der Waals surface area contributed by atoms with E-state index in [0.29, 0.717) is 5.69 Å². The van der Waals surface area contributed by atoms with Crippen LogP contribution in [-0.2, 0) is 0 Å². The van der Waals surface area contributed by atoms with E-state index in [2.05, 4.69) is 37.2 Å². The summed E-state index contributed by atoms with van der Waals surface area (Å²) in [5, 5.41) is 2.90. The molecule has 1 N–H and O–H groups in total. The Kier molecular flexibility index (Phi) is 5.00. The first-order valence-corrected chi connectivity index (χ1v) is 9.53. The molecule has 3 heterocycles. The predicted molar refractivity (Wildman–Crippen MR) is 104 cm³/mol. The Bertz CT molecular complexity index is 732. The first-order chi connectivity index (χ1) is 12.8. The van der Waals surface area contributed by atoms with E-state index in [0.717, 1.165) is 37.7 Å². The van der Waals surface area contributed by atoms with Crippen molar-refractivity contribution in [2.45, 2.75) is 32.1 Å². The van der Waals surface area contributed by atoms with Gasteiger partial charge in [0.25, 0.3) is 5.91 Å². The van der Waals surface area contributed by atoms with Crippen molar-refractivity contribution in [2.24, 2.45) is 0 Å². The maximum atomic E-state index is 12.4. The number of aromatic nitrogens is 2. The van der Waals surface area contributed by atoms with Gasteiger partial charge < -0.3 is 15.1 Å². The van der Waals surface area contributed by atoms with Gasteiger partial charge in [-0.25, -0.2) is 9.97 Å². The lowest BCUT2D eigenvalue weighted by molar-refractivity contribution is 0.102. The number of piperidine rings is 1. The normalized spacial score (nSPS) is 17.4. The molecule has 2 saturated heterocycles. The molecule has 6 nitrogen and oxygen atoms in total. The van der Waals surface area contributed by atoms with Gasteiger partial charge in [0.2, 0.25) is 0 Å². The van der Waals surface area contributed by atoms with Gasteiger partial charge in [0.15, 0.2) is 0 Å². The Morgan fingerprint density at radius 1 is 0.808 bits per heavy atom. The van der Waals surface area contributed by atoms with Gasteiger partial charge in [-0.1, -0.05) is 0 Å². The molecule has 0 radical (unpaired) electrons. The summed E-state index contributed by atoms with van der Waals surface area (Å²) in [5.74, 6) is 0.626. The van der Waals surface area contributed by atoms with Gasteiger partial charge in [-0.15, -0.1) is 0 Å². The average molecular weight is 351 g/mol. The summed E-state index contributed by atoms with van der Waals surface area (Å²) in [6.07, 6.45) is 9.47. The lowest BCUT2D eigenvalue weighted by atomic mass is 10.1. The van der Waals surface area contributed by atoms with E-state index in [1.54, 1.807) is 12.4 Å². The van der Waals surface area contributed by atoms with Crippen molar-refractivity contribution in [3.63, 3.8) is 0 Å². The molecule has 0 unspecified atom stereocenters. The Morgan fingerprint density at radius 3 is 2.12 bits per heavy atom. The number of benzene rings is 1. The van der Waals surface area contributed by atoms with Crippen LogP contribution >= 0.6 is 0 Å². The van der Waals surface area contributed by atoms with Crippen molar-refractivity contribution in [3.05, 3.63) is 42.4 Å². The van der Waals surface area contributed by atoms with Crippen LogP contribution < -0.4 is 15.1 Å². The third-order valence-corrected chi connectivity index (χ3v) is 5.15. The smallest absolute Gasteiger partial charge is 0.275 e. The summed E-state index contributed by atoms with van der Waals surface area (Å²) < 4.78 is 0. The molecule has 0 saturated carbocycles. The highest BCUT2D eigenvalue weighted by molar-refractivity contribution is 6.02. The van der Waals surface area contributed by atoms with Gasteiger partial charge in [0.1, 0.15) is 11.5 Å². The van der Waals surface area contributed by atoms with Gasteiger partial charge >= 0.3 is 0 Å². The van der Waals surface area contributed by atoms with E-state index in [-0.39, 0.29) is 5.91 Å². The van der Waals surface area contributed by atoms with Crippen molar-refractivity contribution < 1.29 is 4.79 Å². The molecule has 1 aromatic carbocycles. The Labute approximate surface area is 154 Å². The van der Waals surface area contributed by atoms with Crippen molar-refractivity contribution in [1.82, 2.24) is 9.97 Å². The first kappa shape index (κ1) is 16.8. The summed E-state index contributed by atoms with van der Waals surface area (Å²) >= 11 is 0. The minimum Gasteiger partial charge on any atom is -0.372 e. The van der Waals surface area contributed by atoms with Crippen LogP contribution in [0.4, 0.5) is 17.2 Å². The van der Waals surface area contributed by atoms with Crippen molar-refractivity contribution in [1.29, 1.82) is 0 Å². The summed E-state index contributed by atoms with van der Waals surface area (Å²) in [6, 6.07) is 8.05. The molecular formula is C20H25N5O. The fourth-order valence-corrected chi connectivity index (χ4v) is 3.65. The molecular weight excluding hydrogens is 326 g/mol. The van der Waals surface area contributed by atoms with Crippen molar-refractivity contribution in [3.8, 4) is 0 Å². The lowest BCUT2D eigenvalue weighted by Crippen LogP contribution is -2.29. The fraction of sp³-hybridized carbons (Fsp3) is 0.450. The molecule has 2 aromatic rings. The Hall–Kier alpha value is -2.63. The minimum atomic E-state index is -0.226. The van der Waals surface area contributed by atoms with Crippen LogP contribution in [0, 0.1) is 0 Å². The number of hydrogen-bond acceptors (Lipinski definition) is 5. The molecule has 136 valence electrons. The van der Waals surface area contributed by atoms with Crippen molar-refractivity contribution >= 4 is 23.1 Å². The third kappa shape index (κ3) is 3.79. The second-order valence-electron chi connectivity index (χ2n) is 7.00. The van der Waals surface area contributed by atoms with E-state index >= 15 is 0 Å². The topological polar surface area (TPSA) is 61.4 Å². The quantitative estimate of drug-likeness (QED) is 0.916. The predicted octanol–water partition coefficient (Wildman–Crippen LogP) is 3.32. The van der Waals surface area contributed by atoms with Gasteiger partial charge in [-0.2, -0.15) is 0 Å². The molecule has 1 aromatic heterocycles. The molecule has 2 aliphatic rings. The Balaban J connectivity index is 1.37. The highest BCUT2D eigenvalue weighted by atomic mass is 16.1. The van der Waals surface area contributed by atoms with Crippen LogP contribution in [0.15, 0.2) is 36.7 Å². The maximum absolute atomic E-state index is 12.4. The van der Waals surface area contributed by atoms with E-state index in [4.69, 9.17) is 0 Å². The molecule has 6 heteroatoms. The number of nitrogens with zero attached hydrogens (tertiary/aromatic N) is 4. The first-order valence-electron chi connectivity index (χ1n) is 9.53. The largest absolute Gasteiger partial charge is 0.372 e. The van der Waals surface area contributed by atoms with Crippen LogP contribution in [-0.4, -0.2) is 42.1 Å². The molecule has 2 fully saturated rings. The van der Waals surface area contributed by atoms with Gasteiger partial charge in [-0.05, 0) is 56.4 Å². The van der Waals surface area contributed by atoms with Crippen LogP contribution in [0.3, 0.4) is 0 Å². The average Bonchev–Trinajstić information content (AvgIpc) is 3.24. The monoisotopic (exact) mass is 351 g/mol. The summed E-state index contributed by atoms with van der Waals surface area (Å²) in [4.78, 5) is 25.7. The van der Waals surface area contributed by atoms with E-state index < -0.39 is 0 Å². The van der Waals surface area contributed by atoms with E-state index in [1.165, 1.54) is 37.8 Å². The van der Waals surface area contributed by atoms with Gasteiger partial charge in [-0.3, -0.25) is 4.79 Å². The zero-order valence-electron chi connectivity index (χ0n) is 15.0. The summed E-state index contributed by atoms with van der Waals surface area (Å²) in [6.45, 7) is 4.27. The van der Waals surface area contributed by atoms with E-state index in [1.807, 2.05) is 12.1 Å². The number of hydrogen-bond donors (Lipinski definition) is 1. The molecule has 4 rings (SSSR count). The van der Waals surface area contributed by atoms with Crippen LogP contribution in [0.1, 0.15) is 42.6 Å².